The van der Waals surface area contributed by atoms with Crippen LogP contribution in [0.4, 0.5) is 10.1 Å². The third kappa shape index (κ3) is 3.00. The van der Waals surface area contributed by atoms with E-state index in [0.717, 1.165) is 0 Å². The number of anilines is 1. The molecule has 0 aromatic heterocycles. The Bertz CT molecular complexity index is 512. The summed E-state index contributed by atoms with van der Waals surface area (Å²) < 4.78 is 41.6. The molecule has 1 saturated heterocycles. The number of halogens is 2. The highest BCUT2D eigenvalue weighted by atomic mass is 79.9. The van der Waals surface area contributed by atoms with Crippen LogP contribution in [-0.2, 0) is 10.2 Å². The number of benzene rings is 1. The van der Waals surface area contributed by atoms with Crippen LogP contribution in [-0.4, -0.2) is 38.9 Å². The zero-order valence-corrected chi connectivity index (χ0v) is 11.9. The molecule has 0 bridgehead atoms. The van der Waals surface area contributed by atoms with Crippen molar-refractivity contribution in [2.75, 3.05) is 30.9 Å². The molecule has 2 rings (SSSR count). The maximum Gasteiger partial charge on any atom is 0.301 e. The van der Waals surface area contributed by atoms with E-state index in [2.05, 4.69) is 26.0 Å². The standard InChI is InChI=1S/C10H13BrFN3O2S/c11-8-2-1-3-9(12)10(8)14-18(16,17)15-6-4-13-5-7-15/h1-3,13-14H,4-7H2. The summed E-state index contributed by atoms with van der Waals surface area (Å²) in [7, 11) is -3.71. The molecule has 0 saturated carbocycles. The van der Waals surface area contributed by atoms with Crippen molar-refractivity contribution in [2.24, 2.45) is 0 Å². The predicted octanol–water partition coefficient (Wildman–Crippen LogP) is 1.15. The van der Waals surface area contributed by atoms with Crippen LogP contribution < -0.4 is 10.0 Å². The van der Waals surface area contributed by atoms with Gasteiger partial charge < -0.3 is 5.32 Å². The van der Waals surface area contributed by atoms with Crippen molar-refractivity contribution in [3.8, 4) is 0 Å². The average molecular weight is 338 g/mol. The van der Waals surface area contributed by atoms with Gasteiger partial charge in [0, 0.05) is 30.7 Å². The fourth-order valence-electron chi connectivity index (χ4n) is 1.67. The number of para-hydroxylation sites is 1. The zero-order chi connectivity index (χ0) is 13.2. The second-order valence-electron chi connectivity index (χ2n) is 3.85. The fourth-order valence-corrected chi connectivity index (χ4v) is 3.50. The molecule has 1 aromatic carbocycles. The van der Waals surface area contributed by atoms with E-state index in [4.69, 9.17) is 0 Å². The minimum absolute atomic E-state index is 0.0592. The van der Waals surface area contributed by atoms with Crippen LogP contribution in [0.5, 0.6) is 0 Å². The molecule has 0 spiro atoms. The minimum atomic E-state index is -3.71. The third-order valence-electron chi connectivity index (χ3n) is 2.61. The van der Waals surface area contributed by atoms with Gasteiger partial charge in [0.15, 0.2) is 0 Å². The van der Waals surface area contributed by atoms with Crippen LogP contribution in [0.25, 0.3) is 0 Å². The van der Waals surface area contributed by atoms with Gasteiger partial charge in [0.05, 0.1) is 5.69 Å². The van der Waals surface area contributed by atoms with E-state index in [0.29, 0.717) is 30.7 Å². The predicted molar refractivity (Wildman–Crippen MR) is 71.1 cm³/mol. The molecule has 0 unspecified atom stereocenters. The van der Waals surface area contributed by atoms with Crippen molar-refractivity contribution in [1.82, 2.24) is 9.62 Å². The van der Waals surface area contributed by atoms with Crippen LogP contribution in [0.15, 0.2) is 22.7 Å². The molecule has 1 aromatic rings. The lowest BCUT2D eigenvalue weighted by Gasteiger charge is -2.27. The van der Waals surface area contributed by atoms with Crippen molar-refractivity contribution in [2.45, 2.75) is 0 Å². The second-order valence-corrected chi connectivity index (χ2v) is 6.38. The topological polar surface area (TPSA) is 61.4 Å². The summed E-state index contributed by atoms with van der Waals surface area (Å²) >= 11 is 3.13. The van der Waals surface area contributed by atoms with Crippen molar-refractivity contribution in [3.05, 3.63) is 28.5 Å². The molecule has 0 amide bonds. The molecule has 2 N–H and O–H groups in total. The van der Waals surface area contributed by atoms with Gasteiger partial charge >= 0.3 is 10.2 Å². The normalized spacial score (nSPS) is 17.7. The van der Waals surface area contributed by atoms with E-state index in [-0.39, 0.29) is 5.69 Å². The molecule has 0 radical (unpaired) electrons. The Morgan fingerprint density at radius 3 is 2.61 bits per heavy atom. The Balaban J connectivity index is 2.22. The quantitative estimate of drug-likeness (QED) is 0.869. The molecule has 1 aliphatic heterocycles. The van der Waals surface area contributed by atoms with Gasteiger partial charge in [-0.25, -0.2) is 4.39 Å². The van der Waals surface area contributed by atoms with Gasteiger partial charge in [0.25, 0.3) is 0 Å². The molecule has 5 nitrogen and oxygen atoms in total. The van der Waals surface area contributed by atoms with Gasteiger partial charge in [0.2, 0.25) is 0 Å². The second kappa shape index (κ2) is 5.52. The SMILES string of the molecule is O=S(=O)(Nc1c(F)cccc1Br)N1CCNCC1. The first-order valence-electron chi connectivity index (χ1n) is 5.43. The van der Waals surface area contributed by atoms with Gasteiger partial charge in [0.1, 0.15) is 5.82 Å². The first-order chi connectivity index (χ1) is 8.50. The lowest BCUT2D eigenvalue weighted by molar-refractivity contribution is 0.362. The van der Waals surface area contributed by atoms with Gasteiger partial charge in [-0.3, -0.25) is 4.72 Å². The van der Waals surface area contributed by atoms with E-state index in [1.54, 1.807) is 6.07 Å². The summed E-state index contributed by atoms with van der Waals surface area (Å²) in [6.45, 7) is 1.95. The van der Waals surface area contributed by atoms with Gasteiger partial charge in [-0.2, -0.15) is 12.7 Å². The minimum Gasteiger partial charge on any atom is -0.314 e. The Kier molecular flexibility index (Phi) is 4.21. The summed E-state index contributed by atoms with van der Waals surface area (Å²) in [5.41, 5.74) is -0.0592. The van der Waals surface area contributed by atoms with Gasteiger partial charge in [-0.15, -0.1) is 0 Å². The number of rotatable bonds is 3. The van der Waals surface area contributed by atoms with Crippen LogP contribution in [0.1, 0.15) is 0 Å². The van der Waals surface area contributed by atoms with E-state index < -0.39 is 16.0 Å². The Hall–Kier alpha value is -0.700. The van der Waals surface area contributed by atoms with Crippen molar-refractivity contribution < 1.29 is 12.8 Å². The maximum atomic E-state index is 13.6. The molecule has 1 heterocycles. The first kappa shape index (κ1) is 13.7. The number of hydrogen-bond donors (Lipinski definition) is 2. The number of piperazine rings is 1. The zero-order valence-electron chi connectivity index (χ0n) is 9.49. The highest BCUT2D eigenvalue weighted by molar-refractivity contribution is 9.10. The number of hydrogen-bond acceptors (Lipinski definition) is 3. The smallest absolute Gasteiger partial charge is 0.301 e. The summed E-state index contributed by atoms with van der Waals surface area (Å²) in [6, 6.07) is 4.29. The third-order valence-corrected chi connectivity index (χ3v) is 4.78. The monoisotopic (exact) mass is 337 g/mol. The number of nitrogens with zero attached hydrogens (tertiary/aromatic N) is 1. The lowest BCUT2D eigenvalue weighted by Crippen LogP contribution is -2.48. The molecule has 0 atom stereocenters. The summed E-state index contributed by atoms with van der Waals surface area (Å²) in [6.07, 6.45) is 0. The van der Waals surface area contributed by atoms with Crippen LogP contribution in [0, 0.1) is 5.82 Å². The summed E-state index contributed by atoms with van der Waals surface area (Å²) in [5.74, 6) is -0.608. The van der Waals surface area contributed by atoms with Gasteiger partial charge in [-0.05, 0) is 28.1 Å². The molecule has 1 fully saturated rings. The van der Waals surface area contributed by atoms with E-state index >= 15 is 0 Å². The molecular formula is C10H13BrFN3O2S. The van der Waals surface area contributed by atoms with Crippen molar-refractivity contribution in [3.63, 3.8) is 0 Å². The van der Waals surface area contributed by atoms with Crippen molar-refractivity contribution in [1.29, 1.82) is 0 Å². The molecule has 18 heavy (non-hydrogen) atoms. The highest BCUT2D eigenvalue weighted by Crippen LogP contribution is 2.26. The maximum absolute atomic E-state index is 13.6. The summed E-state index contributed by atoms with van der Waals surface area (Å²) in [5, 5.41) is 3.06. The lowest BCUT2D eigenvalue weighted by atomic mass is 10.3. The van der Waals surface area contributed by atoms with Crippen LogP contribution >= 0.6 is 15.9 Å². The van der Waals surface area contributed by atoms with E-state index in [1.807, 2.05) is 0 Å². The van der Waals surface area contributed by atoms with E-state index in [1.165, 1.54) is 16.4 Å². The number of nitrogens with one attached hydrogen (secondary N) is 2. The van der Waals surface area contributed by atoms with Gasteiger partial charge in [-0.1, -0.05) is 6.07 Å². The molecule has 1 aliphatic rings. The molecular weight excluding hydrogens is 325 g/mol. The largest absolute Gasteiger partial charge is 0.314 e. The summed E-state index contributed by atoms with van der Waals surface area (Å²) in [4.78, 5) is 0. The molecule has 8 heteroatoms. The highest BCUT2D eigenvalue weighted by Gasteiger charge is 2.25. The fraction of sp³-hybridized carbons (Fsp3) is 0.400. The Labute approximate surface area is 114 Å². The van der Waals surface area contributed by atoms with E-state index in [9.17, 15) is 12.8 Å². The van der Waals surface area contributed by atoms with Crippen LogP contribution in [0.2, 0.25) is 0 Å². The first-order valence-corrected chi connectivity index (χ1v) is 7.66. The van der Waals surface area contributed by atoms with Crippen molar-refractivity contribution >= 4 is 31.8 Å². The average Bonchev–Trinajstić information content (AvgIpc) is 2.35. The van der Waals surface area contributed by atoms with Crippen LogP contribution in [0.3, 0.4) is 0 Å². The molecule has 0 aliphatic carbocycles. The molecule has 100 valence electrons. The Morgan fingerprint density at radius 2 is 2.00 bits per heavy atom. The Morgan fingerprint density at radius 1 is 1.33 bits per heavy atom.